The third kappa shape index (κ3) is 3.29. The molecule has 0 radical (unpaired) electrons. The van der Waals surface area contributed by atoms with Crippen LogP contribution in [0.5, 0.6) is 0 Å². The van der Waals surface area contributed by atoms with Gasteiger partial charge in [0.25, 0.3) is 5.91 Å². The normalized spacial score (nSPS) is 12.1. The largest absolute Gasteiger partial charge is 0.383 e. The zero-order chi connectivity index (χ0) is 18.8. The fraction of sp³-hybridized carbons (Fsp3) is 0.143. The number of para-hydroxylation sites is 1. The van der Waals surface area contributed by atoms with Gasteiger partial charge >= 0.3 is 0 Å². The number of amides is 1. The maximum atomic E-state index is 14.0. The molecular weight excluding hydrogens is 363 g/mol. The molecule has 136 valence electrons. The lowest BCUT2D eigenvalue weighted by atomic mass is 10.0. The van der Waals surface area contributed by atoms with Crippen molar-refractivity contribution in [3.05, 3.63) is 76.8 Å². The second-order valence-electron chi connectivity index (χ2n) is 6.05. The summed E-state index contributed by atoms with van der Waals surface area (Å²) in [5, 5.41) is 0.984. The molecule has 27 heavy (non-hydrogen) atoms. The van der Waals surface area contributed by atoms with E-state index in [-0.39, 0.29) is 11.7 Å². The molecule has 0 unspecified atom stereocenters. The van der Waals surface area contributed by atoms with E-state index in [9.17, 15) is 9.18 Å². The molecular formula is C21H17FN2O2S. The van der Waals surface area contributed by atoms with Gasteiger partial charge in [-0.3, -0.25) is 4.79 Å². The van der Waals surface area contributed by atoms with Crippen molar-refractivity contribution in [2.45, 2.75) is 6.54 Å². The number of carbonyl (C=O) groups is 1. The Balaban J connectivity index is 1.87. The molecule has 0 aliphatic heterocycles. The van der Waals surface area contributed by atoms with Crippen molar-refractivity contribution in [1.82, 2.24) is 4.57 Å². The first-order valence-electron chi connectivity index (χ1n) is 8.52. The monoisotopic (exact) mass is 380 g/mol. The van der Waals surface area contributed by atoms with Gasteiger partial charge < -0.3 is 9.30 Å². The van der Waals surface area contributed by atoms with Crippen LogP contribution in [-0.4, -0.2) is 24.2 Å². The summed E-state index contributed by atoms with van der Waals surface area (Å²) in [4.78, 5) is 17.9. The second kappa shape index (κ2) is 7.42. The van der Waals surface area contributed by atoms with Gasteiger partial charge in [0, 0.05) is 24.6 Å². The number of hydrogen-bond acceptors (Lipinski definition) is 3. The zero-order valence-electron chi connectivity index (χ0n) is 14.7. The molecule has 6 heteroatoms. The summed E-state index contributed by atoms with van der Waals surface area (Å²) in [6.07, 6.45) is 0. The predicted octanol–water partition coefficient (Wildman–Crippen LogP) is 4.38. The van der Waals surface area contributed by atoms with E-state index >= 15 is 0 Å². The molecule has 0 saturated carbocycles. The van der Waals surface area contributed by atoms with Crippen LogP contribution in [0.25, 0.3) is 21.0 Å². The fourth-order valence-corrected chi connectivity index (χ4v) is 4.16. The summed E-state index contributed by atoms with van der Waals surface area (Å²) in [5.41, 5.74) is 1.40. The highest BCUT2D eigenvalue weighted by Crippen LogP contribution is 2.23. The lowest BCUT2D eigenvalue weighted by Gasteiger charge is -2.05. The van der Waals surface area contributed by atoms with Crippen LogP contribution in [-0.2, 0) is 11.3 Å². The third-order valence-electron chi connectivity index (χ3n) is 4.41. The van der Waals surface area contributed by atoms with Crippen LogP contribution >= 0.6 is 11.3 Å². The second-order valence-corrected chi connectivity index (χ2v) is 7.06. The highest BCUT2D eigenvalue weighted by molar-refractivity contribution is 7.16. The van der Waals surface area contributed by atoms with Crippen molar-refractivity contribution in [2.24, 2.45) is 4.99 Å². The Kier molecular flexibility index (Phi) is 4.83. The Hall–Kier alpha value is -2.83. The standard InChI is InChI=1S/C21H17FN2O2S/c1-26-13-12-24-18-8-4-5-9-19(18)27-21(24)23-20(25)16-10-11-17(22)15-7-3-2-6-14(15)16/h2-11H,12-13H2,1H3. The van der Waals surface area contributed by atoms with Crippen LogP contribution in [0, 0.1) is 5.82 Å². The van der Waals surface area contributed by atoms with E-state index in [0.29, 0.717) is 34.3 Å². The predicted molar refractivity (Wildman–Crippen MR) is 105 cm³/mol. The van der Waals surface area contributed by atoms with Crippen LogP contribution in [0.2, 0.25) is 0 Å². The first-order valence-corrected chi connectivity index (χ1v) is 9.34. The molecule has 0 atom stereocenters. The number of methoxy groups -OCH3 is 1. The highest BCUT2D eigenvalue weighted by atomic mass is 32.1. The number of rotatable bonds is 4. The van der Waals surface area contributed by atoms with E-state index in [1.165, 1.54) is 23.5 Å². The number of ether oxygens (including phenoxy) is 1. The Morgan fingerprint density at radius 1 is 1.07 bits per heavy atom. The number of fused-ring (bicyclic) bond motifs is 2. The molecule has 3 aromatic carbocycles. The molecule has 0 bridgehead atoms. The topological polar surface area (TPSA) is 43.6 Å². The first-order chi connectivity index (χ1) is 13.2. The Morgan fingerprint density at radius 3 is 2.63 bits per heavy atom. The van der Waals surface area contributed by atoms with Crippen LogP contribution in [0.15, 0.2) is 65.7 Å². The Morgan fingerprint density at radius 2 is 1.81 bits per heavy atom. The van der Waals surface area contributed by atoms with E-state index in [1.807, 2.05) is 28.8 Å². The minimum absolute atomic E-state index is 0.348. The molecule has 1 aromatic heterocycles. The van der Waals surface area contributed by atoms with E-state index in [4.69, 9.17) is 4.74 Å². The van der Waals surface area contributed by atoms with Crippen LogP contribution in [0.1, 0.15) is 10.4 Å². The summed E-state index contributed by atoms with van der Waals surface area (Å²) in [5.74, 6) is -0.733. The number of halogens is 1. The molecule has 4 nitrogen and oxygen atoms in total. The summed E-state index contributed by atoms with van der Waals surface area (Å²) < 4.78 is 22.3. The van der Waals surface area contributed by atoms with Gasteiger partial charge in [0.1, 0.15) is 5.82 Å². The van der Waals surface area contributed by atoms with Gasteiger partial charge in [-0.15, -0.1) is 0 Å². The van der Waals surface area contributed by atoms with Gasteiger partial charge in [-0.05, 0) is 29.7 Å². The van der Waals surface area contributed by atoms with E-state index in [0.717, 1.165) is 10.2 Å². The molecule has 0 saturated heterocycles. The van der Waals surface area contributed by atoms with Crippen LogP contribution in [0.3, 0.4) is 0 Å². The maximum Gasteiger partial charge on any atom is 0.280 e. The van der Waals surface area contributed by atoms with Crippen molar-refractivity contribution in [3.8, 4) is 0 Å². The van der Waals surface area contributed by atoms with E-state index in [2.05, 4.69) is 4.99 Å². The summed E-state index contributed by atoms with van der Waals surface area (Å²) in [6, 6.07) is 17.7. The quantitative estimate of drug-likeness (QED) is 0.527. The van der Waals surface area contributed by atoms with Crippen molar-refractivity contribution >= 4 is 38.2 Å². The lowest BCUT2D eigenvalue weighted by molar-refractivity contribution is 0.0999. The molecule has 0 fully saturated rings. The molecule has 0 aliphatic rings. The number of carbonyl (C=O) groups excluding carboxylic acids is 1. The molecule has 1 heterocycles. The molecule has 1 amide bonds. The molecule has 0 N–H and O–H groups in total. The summed E-state index contributed by atoms with van der Waals surface area (Å²) in [6.45, 7) is 1.11. The molecule has 4 rings (SSSR count). The fourth-order valence-electron chi connectivity index (χ4n) is 3.10. The third-order valence-corrected chi connectivity index (χ3v) is 5.47. The van der Waals surface area contributed by atoms with Gasteiger partial charge in [-0.25, -0.2) is 4.39 Å². The minimum atomic E-state index is -0.385. The van der Waals surface area contributed by atoms with E-state index < -0.39 is 0 Å². The lowest BCUT2D eigenvalue weighted by Crippen LogP contribution is -2.19. The van der Waals surface area contributed by atoms with Crippen molar-refractivity contribution in [1.29, 1.82) is 0 Å². The Labute approximate surface area is 159 Å². The SMILES string of the molecule is COCCn1c(=NC(=O)c2ccc(F)c3ccccc23)sc2ccccc21. The number of aromatic nitrogens is 1. The van der Waals surface area contributed by atoms with Gasteiger partial charge in [0.2, 0.25) is 0 Å². The number of nitrogens with zero attached hydrogens (tertiary/aromatic N) is 2. The molecule has 0 spiro atoms. The van der Waals surface area contributed by atoms with Gasteiger partial charge in [-0.1, -0.05) is 47.7 Å². The van der Waals surface area contributed by atoms with Crippen molar-refractivity contribution in [2.75, 3.05) is 13.7 Å². The molecule has 0 aliphatic carbocycles. The first kappa shape index (κ1) is 17.6. The molecule has 4 aromatic rings. The average Bonchev–Trinajstić information content (AvgIpc) is 3.03. The van der Waals surface area contributed by atoms with Crippen molar-refractivity contribution < 1.29 is 13.9 Å². The van der Waals surface area contributed by atoms with E-state index in [1.54, 1.807) is 31.4 Å². The van der Waals surface area contributed by atoms with Gasteiger partial charge in [-0.2, -0.15) is 4.99 Å². The van der Waals surface area contributed by atoms with Crippen LogP contribution in [0.4, 0.5) is 4.39 Å². The number of thiazole rings is 1. The van der Waals surface area contributed by atoms with Crippen molar-refractivity contribution in [3.63, 3.8) is 0 Å². The summed E-state index contributed by atoms with van der Waals surface area (Å²) >= 11 is 1.45. The smallest absolute Gasteiger partial charge is 0.280 e. The maximum absolute atomic E-state index is 14.0. The zero-order valence-corrected chi connectivity index (χ0v) is 15.5. The summed E-state index contributed by atoms with van der Waals surface area (Å²) in [7, 11) is 1.64. The van der Waals surface area contributed by atoms with Gasteiger partial charge in [0.05, 0.1) is 16.8 Å². The average molecular weight is 380 g/mol. The van der Waals surface area contributed by atoms with Crippen LogP contribution < -0.4 is 4.80 Å². The number of hydrogen-bond donors (Lipinski definition) is 0. The van der Waals surface area contributed by atoms with Gasteiger partial charge in [0.15, 0.2) is 4.80 Å². The minimum Gasteiger partial charge on any atom is -0.383 e. The Bertz CT molecular complexity index is 1210. The number of benzene rings is 3. The highest BCUT2D eigenvalue weighted by Gasteiger charge is 2.13.